The number of aryl methyl sites for hydroxylation is 1. The highest BCUT2D eigenvalue weighted by atomic mass is 16.2. The summed E-state index contributed by atoms with van der Waals surface area (Å²) in [5.74, 6) is -1.93. The van der Waals surface area contributed by atoms with Gasteiger partial charge >= 0.3 is 11.8 Å². The van der Waals surface area contributed by atoms with Gasteiger partial charge in [0, 0.05) is 7.05 Å². The normalized spacial score (nSPS) is 11.3. The molecule has 0 aliphatic heterocycles. The van der Waals surface area contributed by atoms with Gasteiger partial charge in [-0.05, 0) is 38.5 Å². The third-order valence-corrected chi connectivity index (χ3v) is 4.79. The molecular formula is C22H23N5O3. The van der Waals surface area contributed by atoms with E-state index in [9.17, 15) is 14.4 Å². The third kappa shape index (κ3) is 4.22. The number of anilines is 1. The molecule has 3 aromatic rings. The van der Waals surface area contributed by atoms with E-state index in [1.165, 1.54) is 4.68 Å². The molecule has 0 aliphatic rings. The Morgan fingerprint density at radius 2 is 1.57 bits per heavy atom. The number of para-hydroxylation sites is 1. The Balaban J connectivity index is 1.76. The van der Waals surface area contributed by atoms with Crippen LogP contribution in [0.15, 0.2) is 64.5 Å². The van der Waals surface area contributed by atoms with Gasteiger partial charge in [-0.25, -0.2) is 10.1 Å². The van der Waals surface area contributed by atoms with Gasteiger partial charge in [0.15, 0.2) is 0 Å². The Kier molecular flexibility index (Phi) is 5.96. The maximum absolute atomic E-state index is 12.8. The first kappa shape index (κ1) is 20.8. The number of hydrazone groups is 1. The summed E-state index contributed by atoms with van der Waals surface area (Å²) < 4.78 is 3.04. The molecule has 0 spiro atoms. The minimum Gasteiger partial charge on any atom is -0.311 e. The smallest absolute Gasteiger partial charge is 0.311 e. The number of hydrogen-bond acceptors (Lipinski definition) is 4. The highest BCUT2D eigenvalue weighted by molar-refractivity contribution is 6.39. The molecule has 0 saturated carbocycles. The van der Waals surface area contributed by atoms with Gasteiger partial charge < -0.3 is 5.32 Å². The fourth-order valence-electron chi connectivity index (χ4n) is 2.93. The zero-order chi connectivity index (χ0) is 21.8. The van der Waals surface area contributed by atoms with Crippen LogP contribution in [0.4, 0.5) is 5.69 Å². The van der Waals surface area contributed by atoms with E-state index in [4.69, 9.17) is 0 Å². The number of nitrogens with zero attached hydrogens (tertiary/aromatic N) is 3. The van der Waals surface area contributed by atoms with Crippen molar-refractivity contribution in [3.63, 3.8) is 0 Å². The van der Waals surface area contributed by atoms with Gasteiger partial charge in [-0.1, -0.05) is 48.0 Å². The maximum Gasteiger partial charge on any atom is 0.329 e. The molecule has 0 radical (unpaired) electrons. The predicted octanol–water partition coefficient (Wildman–Crippen LogP) is 2.27. The number of nitrogens with one attached hydrogen (secondary N) is 2. The topological polar surface area (TPSA) is 97.5 Å². The van der Waals surface area contributed by atoms with Crippen molar-refractivity contribution in [3.8, 4) is 5.69 Å². The van der Waals surface area contributed by atoms with Crippen LogP contribution in [-0.4, -0.2) is 26.9 Å². The molecule has 8 heteroatoms. The van der Waals surface area contributed by atoms with E-state index < -0.39 is 17.4 Å². The Hall–Kier alpha value is -3.94. The Morgan fingerprint density at radius 1 is 0.933 bits per heavy atom. The average molecular weight is 405 g/mol. The average Bonchev–Trinajstić information content (AvgIpc) is 2.96. The van der Waals surface area contributed by atoms with Gasteiger partial charge in [0.1, 0.15) is 5.69 Å². The zero-order valence-corrected chi connectivity index (χ0v) is 17.3. The van der Waals surface area contributed by atoms with Gasteiger partial charge in [-0.3, -0.25) is 19.1 Å². The van der Waals surface area contributed by atoms with Crippen molar-refractivity contribution in [3.05, 3.63) is 81.8 Å². The zero-order valence-electron chi connectivity index (χ0n) is 17.3. The summed E-state index contributed by atoms with van der Waals surface area (Å²) in [5.41, 5.74) is 5.49. The lowest BCUT2D eigenvalue weighted by molar-refractivity contribution is -0.136. The Morgan fingerprint density at radius 3 is 2.20 bits per heavy atom. The molecule has 0 atom stereocenters. The quantitative estimate of drug-likeness (QED) is 0.396. The fraction of sp³-hybridized carbons (Fsp3) is 0.182. The van der Waals surface area contributed by atoms with Crippen LogP contribution in [-0.2, 0) is 16.6 Å². The summed E-state index contributed by atoms with van der Waals surface area (Å²) in [5, 5.41) is 6.38. The molecule has 0 aliphatic carbocycles. The molecular weight excluding hydrogens is 382 g/mol. The number of aromatic nitrogens is 2. The van der Waals surface area contributed by atoms with E-state index in [0.29, 0.717) is 17.1 Å². The standard InChI is InChI=1S/C22H23N5O3/c1-14-10-12-17(13-11-14)15(2)24-25-21(29)20(28)23-19-16(3)26(4)27(22(19)30)18-8-6-5-7-9-18/h5-13H,1-4H3,(H,23,28)(H,25,29). The van der Waals surface area contributed by atoms with Crippen LogP contribution in [0.5, 0.6) is 0 Å². The Labute approximate surface area is 173 Å². The van der Waals surface area contributed by atoms with Crippen molar-refractivity contribution in [1.82, 2.24) is 14.8 Å². The van der Waals surface area contributed by atoms with E-state index in [0.717, 1.165) is 11.1 Å². The summed E-state index contributed by atoms with van der Waals surface area (Å²) in [6.07, 6.45) is 0. The highest BCUT2D eigenvalue weighted by Crippen LogP contribution is 2.13. The largest absolute Gasteiger partial charge is 0.329 e. The van der Waals surface area contributed by atoms with Crippen molar-refractivity contribution in [1.29, 1.82) is 0 Å². The molecule has 2 amide bonds. The van der Waals surface area contributed by atoms with Crippen LogP contribution in [0.3, 0.4) is 0 Å². The van der Waals surface area contributed by atoms with Crippen molar-refractivity contribution in [2.45, 2.75) is 20.8 Å². The summed E-state index contributed by atoms with van der Waals surface area (Å²) in [7, 11) is 1.70. The monoisotopic (exact) mass is 405 g/mol. The van der Waals surface area contributed by atoms with E-state index >= 15 is 0 Å². The van der Waals surface area contributed by atoms with Crippen LogP contribution >= 0.6 is 0 Å². The van der Waals surface area contributed by atoms with Crippen molar-refractivity contribution >= 4 is 23.2 Å². The molecule has 3 rings (SSSR count). The first-order valence-corrected chi connectivity index (χ1v) is 9.36. The lowest BCUT2D eigenvalue weighted by Gasteiger charge is -2.07. The molecule has 8 nitrogen and oxygen atoms in total. The molecule has 2 N–H and O–H groups in total. The first-order valence-electron chi connectivity index (χ1n) is 9.36. The van der Waals surface area contributed by atoms with Gasteiger partial charge in [0.25, 0.3) is 5.56 Å². The van der Waals surface area contributed by atoms with Crippen LogP contribution in [0, 0.1) is 13.8 Å². The lowest BCUT2D eigenvalue weighted by Crippen LogP contribution is -2.34. The fourth-order valence-corrected chi connectivity index (χ4v) is 2.93. The second-order valence-corrected chi connectivity index (χ2v) is 6.89. The minimum absolute atomic E-state index is 0.0424. The van der Waals surface area contributed by atoms with E-state index in [2.05, 4.69) is 15.8 Å². The molecule has 0 unspecified atom stereocenters. The van der Waals surface area contributed by atoms with Crippen molar-refractivity contribution < 1.29 is 9.59 Å². The molecule has 2 aromatic carbocycles. The van der Waals surface area contributed by atoms with E-state index in [-0.39, 0.29) is 5.69 Å². The third-order valence-electron chi connectivity index (χ3n) is 4.79. The van der Waals surface area contributed by atoms with Crippen LogP contribution < -0.4 is 16.3 Å². The van der Waals surface area contributed by atoms with Crippen LogP contribution in [0.2, 0.25) is 0 Å². The molecule has 30 heavy (non-hydrogen) atoms. The summed E-state index contributed by atoms with van der Waals surface area (Å²) in [6.45, 7) is 5.39. The summed E-state index contributed by atoms with van der Waals surface area (Å²) >= 11 is 0. The molecule has 0 fully saturated rings. The summed E-state index contributed by atoms with van der Waals surface area (Å²) in [4.78, 5) is 37.3. The lowest BCUT2D eigenvalue weighted by atomic mass is 10.1. The number of rotatable bonds is 4. The molecule has 154 valence electrons. The SMILES string of the molecule is CC(=NNC(=O)C(=O)Nc1c(C)n(C)n(-c2ccccc2)c1=O)c1ccc(C)cc1. The maximum atomic E-state index is 12.8. The van der Waals surface area contributed by atoms with Gasteiger partial charge in [0.2, 0.25) is 0 Å². The van der Waals surface area contributed by atoms with Crippen molar-refractivity contribution in [2.75, 3.05) is 5.32 Å². The second kappa shape index (κ2) is 8.60. The molecule has 0 saturated heterocycles. The molecule has 1 heterocycles. The number of hydrogen-bond donors (Lipinski definition) is 2. The van der Waals surface area contributed by atoms with Crippen LogP contribution in [0.1, 0.15) is 23.7 Å². The number of carbonyl (C=O) groups is 2. The minimum atomic E-state index is -0.971. The number of carbonyl (C=O) groups excluding carboxylic acids is 2. The van der Waals surface area contributed by atoms with Crippen LogP contribution in [0.25, 0.3) is 5.69 Å². The Bertz CT molecular complexity index is 1170. The van der Waals surface area contributed by atoms with E-state index in [1.54, 1.807) is 37.7 Å². The first-order chi connectivity index (χ1) is 14.3. The molecule has 1 aromatic heterocycles. The number of amides is 2. The van der Waals surface area contributed by atoms with Crippen molar-refractivity contribution in [2.24, 2.45) is 12.1 Å². The van der Waals surface area contributed by atoms with Gasteiger partial charge in [0.05, 0.1) is 17.1 Å². The highest BCUT2D eigenvalue weighted by Gasteiger charge is 2.21. The molecule has 0 bridgehead atoms. The predicted molar refractivity (Wildman–Crippen MR) is 116 cm³/mol. The van der Waals surface area contributed by atoms with Gasteiger partial charge in [-0.2, -0.15) is 5.10 Å². The summed E-state index contributed by atoms with van der Waals surface area (Å²) in [6, 6.07) is 16.6. The van der Waals surface area contributed by atoms with E-state index in [1.807, 2.05) is 49.4 Å². The second-order valence-electron chi connectivity index (χ2n) is 6.89. The number of benzene rings is 2. The van der Waals surface area contributed by atoms with Gasteiger partial charge in [-0.15, -0.1) is 0 Å².